The number of ether oxygens (including phenoxy) is 1. The van der Waals surface area contributed by atoms with Crippen LogP contribution in [-0.4, -0.2) is 39.6 Å². The minimum absolute atomic E-state index is 0.0384. The Morgan fingerprint density at radius 2 is 1.74 bits per heavy atom. The van der Waals surface area contributed by atoms with Gasteiger partial charge in [-0.25, -0.2) is 0 Å². The van der Waals surface area contributed by atoms with Gasteiger partial charge in [-0.05, 0) is 18.9 Å². The number of aliphatic hydroxyl groups is 1. The second-order valence-electron chi connectivity index (χ2n) is 6.77. The van der Waals surface area contributed by atoms with E-state index in [1.54, 1.807) is 12.1 Å². The van der Waals surface area contributed by atoms with Gasteiger partial charge >= 0.3 is 0 Å². The number of nitrogens with zero attached hydrogens (tertiary/aromatic N) is 1. The molecule has 2 aliphatic rings. The number of fused-ring (bicyclic) bond motifs is 3. The van der Waals surface area contributed by atoms with Gasteiger partial charge in [0, 0.05) is 23.1 Å². The van der Waals surface area contributed by atoms with Crippen molar-refractivity contribution in [2.45, 2.75) is 24.9 Å². The molecule has 2 aliphatic carbocycles. The Balaban J connectivity index is 2.03. The van der Waals surface area contributed by atoms with Crippen molar-refractivity contribution in [3.63, 3.8) is 0 Å². The molecule has 7 nitrogen and oxygen atoms in total. The monoisotopic (exact) mass is 365 g/mol. The van der Waals surface area contributed by atoms with Gasteiger partial charge in [-0.2, -0.15) is 5.26 Å². The number of nitriles is 1. The van der Waals surface area contributed by atoms with Crippen molar-refractivity contribution in [2.75, 3.05) is 7.11 Å². The third kappa shape index (κ3) is 2.17. The van der Waals surface area contributed by atoms with Crippen molar-refractivity contribution in [1.82, 2.24) is 0 Å². The Labute approximate surface area is 154 Å². The van der Waals surface area contributed by atoms with E-state index in [0.717, 1.165) is 0 Å². The molecule has 2 aromatic rings. The minimum atomic E-state index is -1.70. The second kappa shape index (κ2) is 5.56. The Morgan fingerprint density at radius 3 is 2.41 bits per heavy atom. The van der Waals surface area contributed by atoms with E-state index in [2.05, 4.69) is 0 Å². The molecule has 0 saturated heterocycles. The molecule has 0 radical (unpaired) electrons. The molecule has 2 aromatic carbocycles. The lowest BCUT2D eigenvalue weighted by Crippen LogP contribution is -2.35. The summed E-state index contributed by atoms with van der Waals surface area (Å²) in [6, 6.07) is 6.33. The number of carbonyl (C=O) groups excluding carboxylic acids is 2. The fourth-order valence-electron chi connectivity index (χ4n) is 3.92. The van der Waals surface area contributed by atoms with Crippen LogP contribution in [0.2, 0.25) is 0 Å². The topological polar surface area (TPSA) is 128 Å². The summed E-state index contributed by atoms with van der Waals surface area (Å²) < 4.78 is 5.18. The van der Waals surface area contributed by atoms with Gasteiger partial charge in [0.05, 0.1) is 29.9 Å². The van der Waals surface area contributed by atoms with E-state index < -0.39 is 28.7 Å². The maximum Gasteiger partial charge on any atom is 0.202 e. The van der Waals surface area contributed by atoms with E-state index >= 15 is 0 Å². The number of carbonyl (C=O) groups is 2. The first kappa shape index (κ1) is 17.1. The lowest BCUT2D eigenvalue weighted by atomic mass is 9.74. The summed E-state index contributed by atoms with van der Waals surface area (Å²) in [6.45, 7) is 0. The van der Waals surface area contributed by atoms with Gasteiger partial charge in [-0.15, -0.1) is 0 Å². The maximum atomic E-state index is 13.1. The average molecular weight is 365 g/mol. The van der Waals surface area contributed by atoms with Crippen LogP contribution in [0.15, 0.2) is 18.2 Å². The molecule has 0 aliphatic heterocycles. The molecule has 7 heteroatoms. The number of ketones is 2. The molecule has 27 heavy (non-hydrogen) atoms. The number of phenols is 2. The molecule has 0 amide bonds. The Kier molecular flexibility index (Phi) is 3.52. The van der Waals surface area contributed by atoms with Crippen LogP contribution >= 0.6 is 0 Å². The molecule has 0 saturated carbocycles. The van der Waals surface area contributed by atoms with Crippen molar-refractivity contribution in [1.29, 1.82) is 5.26 Å². The first-order chi connectivity index (χ1) is 12.8. The number of aromatic hydroxyl groups is 2. The fraction of sp³-hybridized carbons (Fsp3) is 0.250. The molecule has 0 heterocycles. The predicted molar refractivity (Wildman–Crippen MR) is 92.2 cm³/mol. The van der Waals surface area contributed by atoms with Crippen molar-refractivity contribution >= 4 is 11.6 Å². The summed E-state index contributed by atoms with van der Waals surface area (Å²) in [5.41, 5.74) is -1.78. The van der Waals surface area contributed by atoms with E-state index in [1.807, 2.05) is 0 Å². The number of hydrogen-bond acceptors (Lipinski definition) is 7. The van der Waals surface area contributed by atoms with Crippen LogP contribution in [0.3, 0.4) is 0 Å². The third-order valence-corrected chi connectivity index (χ3v) is 5.30. The molecule has 0 aromatic heterocycles. The number of methoxy groups -OCH3 is 1. The zero-order valence-corrected chi connectivity index (χ0v) is 14.4. The normalized spacial score (nSPS) is 20.3. The van der Waals surface area contributed by atoms with Crippen LogP contribution in [0, 0.1) is 11.3 Å². The number of benzene rings is 2. The molecule has 136 valence electrons. The number of phenolic OH excluding ortho intramolecular Hbond substituents is 2. The summed E-state index contributed by atoms with van der Waals surface area (Å²) >= 11 is 0. The highest BCUT2D eigenvalue weighted by Gasteiger charge is 2.42. The lowest BCUT2D eigenvalue weighted by Gasteiger charge is -2.31. The van der Waals surface area contributed by atoms with E-state index in [0.29, 0.717) is 0 Å². The highest BCUT2D eigenvalue weighted by molar-refractivity contribution is 6.31. The zero-order chi connectivity index (χ0) is 19.5. The molecule has 0 spiro atoms. The molecule has 0 bridgehead atoms. The van der Waals surface area contributed by atoms with Gasteiger partial charge in [0.15, 0.2) is 11.4 Å². The Morgan fingerprint density at radius 1 is 1.07 bits per heavy atom. The molecule has 1 unspecified atom stereocenters. The van der Waals surface area contributed by atoms with Gasteiger partial charge in [0.2, 0.25) is 5.78 Å². The van der Waals surface area contributed by atoms with Gasteiger partial charge in [0.25, 0.3) is 0 Å². The molecular weight excluding hydrogens is 350 g/mol. The lowest BCUT2D eigenvalue weighted by molar-refractivity contribution is 0.0822. The first-order valence-corrected chi connectivity index (χ1v) is 8.32. The Bertz CT molecular complexity index is 1080. The SMILES string of the molecule is COc1cccc2c1C(=O)c1c(O)c3c(c(O)c1C2=O)CC(O)(C#N)CC3. The van der Waals surface area contributed by atoms with Crippen LogP contribution in [0.5, 0.6) is 17.2 Å². The average Bonchev–Trinajstić information content (AvgIpc) is 2.68. The van der Waals surface area contributed by atoms with Gasteiger partial charge in [-0.3, -0.25) is 9.59 Å². The van der Waals surface area contributed by atoms with Crippen LogP contribution in [0.4, 0.5) is 0 Å². The number of hydrogen-bond donors (Lipinski definition) is 3. The van der Waals surface area contributed by atoms with E-state index in [-0.39, 0.29) is 58.4 Å². The summed E-state index contributed by atoms with van der Waals surface area (Å²) in [5, 5.41) is 40.9. The summed E-state index contributed by atoms with van der Waals surface area (Å²) in [6.07, 6.45) is -0.103. The highest BCUT2D eigenvalue weighted by atomic mass is 16.5. The second-order valence-corrected chi connectivity index (χ2v) is 6.77. The quantitative estimate of drug-likeness (QED) is 0.442. The van der Waals surface area contributed by atoms with Crippen LogP contribution in [0.1, 0.15) is 49.4 Å². The highest BCUT2D eigenvalue weighted by Crippen LogP contribution is 2.47. The van der Waals surface area contributed by atoms with Gasteiger partial charge in [-0.1, -0.05) is 12.1 Å². The van der Waals surface area contributed by atoms with Crippen molar-refractivity contribution in [3.8, 4) is 23.3 Å². The third-order valence-electron chi connectivity index (χ3n) is 5.30. The summed E-state index contributed by atoms with van der Waals surface area (Å²) in [7, 11) is 1.37. The smallest absolute Gasteiger partial charge is 0.202 e. The van der Waals surface area contributed by atoms with Crippen molar-refractivity contribution < 1.29 is 29.6 Å². The van der Waals surface area contributed by atoms with E-state index in [1.165, 1.54) is 19.2 Å². The molecular formula is C20H15NO6. The maximum absolute atomic E-state index is 13.1. The molecule has 4 rings (SSSR count). The van der Waals surface area contributed by atoms with Crippen LogP contribution in [0.25, 0.3) is 0 Å². The first-order valence-electron chi connectivity index (χ1n) is 8.32. The Hall–Kier alpha value is -3.37. The molecule has 1 atom stereocenters. The standard InChI is InChI=1S/C20H15NO6/c1-27-12-4-2-3-10-13(12)19(25)15-14(17(10)23)18(24)11-7-20(26,8-21)6-5-9(11)16(15)22/h2-4,22,24,26H,5-7H2,1H3. The van der Waals surface area contributed by atoms with Gasteiger partial charge < -0.3 is 20.1 Å². The minimum Gasteiger partial charge on any atom is -0.507 e. The zero-order valence-electron chi connectivity index (χ0n) is 14.4. The summed E-state index contributed by atoms with van der Waals surface area (Å²) in [4.78, 5) is 26.1. The summed E-state index contributed by atoms with van der Waals surface area (Å²) in [5.74, 6) is -1.91. The molecule has 0 fully saturated rings. The van der Waals surface area contributed by atoms with Crippen molar-refractivity contribution in [2.24, 2.45) is 0 Å². The number of rotatable bonds is 1. The fourth-order valence-corrected chi connectivity index (χ4v) is 3.92. The van der Waals surface area contributed by atoms with Gasteiger partial charge in [0.1, 0.15) is 17.2 Å². The van der Waals surface area contributed by atoms with Crippen LogP contribution < -0.4 is 4.74 Å². The van der Waals surface area contributed by atoms with Crippen LogP contribution in [-0.2, 0) is 12.8 Å². The van der Waals surface area contributed by atoms with Crippen molar-refractivity contribution in [3.05, 3.63) is 51.6 Å². The van der Waals surface area contributed by atoms with E-state index in [9.17, 15) is 30.2 Å². The predicted octanol–water partition coefficient (Wildman–Crippen LogP) is 1.63. The largest absolute Gasteiger partial charge is 0.507 e. The molecule has 3 N–H and O–H groups in total. The van der Waals surface area contributed by atoms with E-state index in [4.69, 9.17) is 4.74 Å².